The summed E-state index contributed by atoms with van der Waals surface area (Å²) in [5.74, 6) is 7.13. The molecule has 0 aliphatic heterocycles. The molecule has 1 aromatic rings. The molecule has 2 heteroatoms. The largest absolute Gasteiger partial charge is 0.178 e. The summed E-state index contributed by atoms with van der Waals surface area (Å²) in [7, 11) is -1.20. The van der Waals surface area contributed by atoms with E-state index in [2.05, 4.69) is 68.4 Å². The lowest BCUT2D eigenvalue weighted by molar-refractivity contribution is 1.31. The summed E-state index contributed by atoms with van der Waals surface area (Å²) in [6.07, 6.45) is 0.861. The maximum atomic E-state index is 4.14. The summed E-state index contributed by atoms with van der Waals surface area (Å²) in [5, 5.41) is 1.47. The van der Waals surface area contributed by atoms with E-state index in [-0.39, 0.29) is 0 Å². The van der Waals surface area contributed by atoms with Crippen LogP contribution in [-0.2, 0) is 0 Å². The Labute approximate surface area is 99.5 Å². The topological polar surface area (TPSA) is 0 Å². The van der Waals surface area contributed by atoms with Crippen molar-refractivity contribution in [3.8, 4) is 11.8 Å². The molecular formula is C13H18SSi. The summed E-state index contributed by atoms with van der Waals surface area (Å²) in [5.41, 5.74) is 1.14. The summed E-state index contributed by atoms with van der Waals surface area (Å²) in [6.45, 7) is 7.06. The van der Waals surface area contributed by atoms with Crippen LogP contribution in [0.2, 0.25) is 19.6 Å². The van der Waals surface area contributed by atoms with Gasteiger partial charge in [0, 0.05) is 17.7 Å². The van der Waals surface area contributed by atoms with Crippen LogP contribution in [0.25, 0.3) is 0 Å². The molecule has 1 rings (SSSR count). The molecule has 0 amide bonds. The highest BCUT2D eigenvalue weighted by molar-refractivity contribution is 7.80. The van der Waals surface area contributed by atoms with Gasteiger partial charge in [-0.3, -0.25) is 0 Å². The van der Waals surface area contributed by atoms with Gasteiger partial charge >= 0.3 is 0 Å². The molecule has 80 valence electrons. The highest BCUT2D eigenvalue weighted by Gasteiger charge is 2.15. The molecule has 0 radical (unpaired) electrons. The van der Waals surface area contributed by atoms with Crippen molar-refractivity contribution in [2.24, 2.45) is 0 Å². The lowest BCUT2D eigenvalue weighted by Crippen LogP contribution is -2.37. The summed E-state index contributed by atoms with van der Waals surface area (Å²) >= 11 is 4.14. The van der Waals surface area contributed by atoms with E-state index in [1.807, 2.05) is 0 Å². The molecule has 0 heterocycles. The smallest absolute Gasteiger partial charge is 0.0776 e. The van der Waals surface area contributed by atoms with Gasteiger partial charge in [-0.1, -0.05) is 48.8 Å². The van der Waals surface area contributed by atoms with Crippen molar-refractivity contribution in [3.05, 3.63) is 29.8 Å². The third-order valence-electron chi connectivity index (χ3n) is 2.20. The Morgan fingerprint density at radius 1 is 1.27 bits per heavy atom. The van der Waals surface area contributed by atoms with Crippen molar-refractivity contribution >= 4 is 25.9 Å². The van der Waals surface area contributed by atoms with E-state index in [0.29, 0.717) is 0 Å². The SMILES string of the molecule is C[Si](C)(C)c1cccc(C#CCCS)c1. The van der Waals surface area contributed by atoms with Crippen LogP contribution in [0.3, 0.4) is 0 Å². The number of hydrogen-bond acceptors (Lipinski definition) is 1. The zero-order valence-electron chi connectivity index (χ0n) is 9.67. The van der Waals surface area contributed by atoms with Gasteiger partial charge < -0.3 is 0 Å². The third-order valence-corrected chi connectivity index (χ3v) is 4.46. The Morgan fingerprint density at radius 3 is 2.60 bits per heavy atom. The monoisotopic (exact) mass is 234 g/mol. The van der Waals surface area contributed by atoms with Gasteiger partial charge in [-0.2, -0.15) is 12.6 Å². The van der Waals surface area contributed by atoms with E-state index in [9.17, 15) is 0 Å². The molecule has 0 spiro atoms. The van der Waals surface area contributed by atoms with Gasteiger partial charge in [0.05, 0.1) is 8.07 Å². The Bertz CT molecular complexity index is 380. The number of thiol groups is 1. The van der Waals surface area contributed by atoms with Crippen LogP contribution < -0.4 is 5.19 Å². The second kappa shape index (κ2) is 5.44. The highest BCUT2D eigenvalue weighted by Crippen LogP contribution is 2.04. The Balaban J connectivity index is 2.90. The molecule has 1 aromatic carbocycles. The minimum atomic E-state index is -1.20. The molecule has 0 saturated heterocycles. The van der Waals surface area contributed by atoms with E-state index in [4.69, 9.17) is 0 Å². The molecule has 0 aliphatic rings. The van der Waals surface area contributed by atoms with Crippen molar-refractivity contribution in [2.45, 2.75) is 26.1 Å². The number of rotatable bonds is 2. The molecule has 0 aliphatic carbocycles. The first kappa shape index (κ1) is 12.4. The predicted molar refractivity (Wildman–Crippen MR) is 74.8 cm³/mol. The molecule has 0 N–H and O–H groups in total. The van der Waals surface area contributed by atoms with Gasteiger partial charge in [-0.25, -0.2) is 0 Å². The van der Waals surface area contributed by atoms with Crippen molar-refractivity contribution in [3.63, 3.8) is 0 Å². The van der Waals surface area contributed by atoms with Gasteiger partial charge in [0.15, 0.2) is 0 Å². The first-order valence-corrected chi connectivity index (χ1v) is 9.37. The van der Waals surface area contributed by atoms with Crippen molar-refractivity contribution in [1.29, 1.82) is 0 Å². The highest BCUT2D eigenvalue weighted by atomic mass is 32.1. The molecule has 0 bridgehead atoms. The van der Waals surface area contributed by atoms with Gasteiger partial charge in [-0.05, 0) is 12.1 Å². The van der Waals surface area contributed by atoms with E-state index in [1.54, 1.807) is 0 Å². The van der Waals surface area contributed by atoms with Gasteiger partial charge in [0.25, 0.3) is 0 Å². The summed E-state index contributed by atoms with van der Waals surface area (Å²) in [6, 6.07) is 8.64. The molecule has 0 aromatic heterocycles. The maximum Gasteiger partial charge on any atom is 0.0776 e. The van der Waals surface area contributed by atoms with Crippen molar-refractivity contribution in [2.75, 3.05) is 5.75 Å². The fourth-order valence-electron chi connectivity index (χ4n) is 1.28. The van der Waals surface area contributed by atoms with Crippen LogP contribution in [0.1, 0.15) is 12.0 Å². The van der Waals surface area contributed by atoms with Crippen LogP contribution in [0.15, 0.2) is 24.3 Å². The average molecular weight is 234 g/mol. The van der Waals surface area contributed by atoms with E-state index in [0.717, 1.165) is 17.7 Å². The second-order valence-corrected chi connectivity index (χ2v) is 10.1. The fraction of sp³-hybridized carbons (Fsp3) is 0.385. The van der Waals surface area contributed by atoms with Crippen LogP contribution >= 0.6 is 12.6 Å². The van der Waals surface area contributed by atoms with Gasteiger partial charge in [0.2, 0.25) is 0 Å². The fourth-order valence-corrected chi connectivity index (χ4v) is 2.58. The molecule has 0 atom stereocenters. The average Bonchev–Trinajstić information content (AvgIpc) is 2.17. The van der Waals surface area contributed by atoms with Crippen LogP contribution in [0.4, 0.5) is 0 Å². The molecule has 0 fully saturated rings. The minimum Gasteiger partial charge on any atom is -0.178 e. The molecule has 0 unspecified atom stereocenters. The zero-order chi connectivity index (χ0) is 11.3. The first-order valence-electron chi connectivity index (χ1n) is 5.24. The van der Waals surface area contributed by atoms with Crippen LogP contribution in [0.5, 0.6) is 0 Å². The molecular weight excluding hydrogens is 216 g/mol. The lowest BCUT2D eigenvalue weighted by atomic mass is 10.2. The van der Waals surface area contributed by atoms with Crippen molar-refractivity contribution in [1.82, 2.24) is 0 Å². The number of hydrogen-bond donors (Lipinski definition) is 1. The Kier molecular flexibility index (Phi) is 4.50. The minimum absolute atomic E-state index is 0.834. The van der Waals surface area contributed by atoms with Gasteiger partial charge in [-0.15, -0.1) is 0 Å². The second-order valence-electron chi connectivity index (χ2n) is 4.61. The van der Waals surface area contributed by atoms with Crippen LogP contribution in [0, 0.1) is 11.8 Å². The maximum absolute atomic E-state index is 4.14. The summed E-state index contributed by atoms with van der Waals surface area (Å²) in [4.78, 5) is 0. The van der Waals surface area contributed by atoms with Crippen LogP contribution in [-0.4, -0.2) is 13.8 Å². The van der Waals surface area contributed by atoms with E-state index >= 15 is 0 Å². The summed E-state index contributed by atoms with van der Waals surface area (Å²) < 4.78 is 0. The Morgan fingerprint density at radius 2 is 2.00 bits per heavy atom. The molecule has 0 saturated carbocycles. The Hall–Kier alpha value is -0.653. The third kappa shape index (κ3) is 4.15. The quantitative estimate of drug-likeness (QED) is 0.454. The molecule has 0 nitrogen and oxygen atoms in total. The first-order chi connectivity index (χ1) is 7.04. The standard InChI is InChI=1S/C13H18SSi/c1-15(2,3)13-9-6-8-12(11-13)7-4-5-10-14/h6,8-9,11,14H,5,10H2,1-3H3. The zero-order valence-corrected chi connectivity index (χ0v) is 11.6. The number of benzene rings is 1. The van der Waals surface area contributed by atoms with E-state index < -0.39 is 8.07 Å². The predicted octanol–water partition coefficient (Wildman–Crippen LogP) is 2.90. The van der Waals surface area contributed by atoms with E-state index in [1.165, 1.54) is 5.19 Å². The molecule has 15 heavy (non-hydrogen) atoms. The van der Waals surface area contributed by atoms with Crippen molar-refractivity contribution < 1.29 is 0 Å². The lowest BCUT2D eigenvalue weighted by Gasteiger charge is -2.16. The van der Waals surface area contributed by atoms with Gasteiger partial charge in [0.1, 0.15) is 0 Å². The normalized spacial score (nSPS) is 10.7.